The lowest BCUT2D eigenvalue weighted by atomic mass is 10.1. The second-order valence-electron chi connectivity index (χ2n) is 4.88. The van der Waals surface area contributed by atoms with Crippen molar-refractivity contribution in [1.29, 1.82) is 0 Å². The van der Waals surface area contributed by atoms with E-state index in [1.807, 2.05) is 0 Å². The Bertz CT molecular complexity index is 578. The molecule has 2 rings (SSSR count). The topological polar surface area (TPSA) is 54.5 Å². The second-order valence-corrected chi connectivity index (χ2v) is 6.88. The molecular formula is C13H15NO3S. The number of carbonyl (C=O) groups excluding carboxylic acids is 2. The molecule has 1 aliphatic heterocycles. The first-order valence-electron chi connectivity index (χ1n) is 5.62. The Morgan fingerprint density at radius 3 is 2.50 bits per heavy atom. The largest absolute Gasteiger partial charge is 0.313 e. The van der Waals surface area contributed by atoms with Crippen molar-refractivity contribution in [1.82, 2.24) is 0 Å². The normalized spacial score (nSPS) is 21.7. The molecule has 4 nitrogen and oxygen atoms in total. The Balaban J connectivity index is 2.67. The van der Waals surface area contributed by atoms with Gasteiger partial charge in [0, 0.05) is 12.6 Å². The van der Waals surface area contributed by atoms with E-state index in [4.69, 9.17) is 0 Å². The quantitative estimate of drug-likeness (QED) is 0.727. The summed E-state index contributed by atoms with van der Waals surface area (Å²) in [5.41, 5.74) is 1.08. The van der Waals surface area contributed by atoms with Gasteiger partial charge in [0.05, 0.1) is 21.4 Å². The maximum atomic E-state index is 12.4. The fourth-order valence-corrected chi connectivity index (χ4v) is 3.45. The van der Waals surface area contributed by atoms with Crippen molar-refractivity contribution in [2.75, 3.05) is 11.9 Å². The zero-order chi connectivity index (χ0) is 13.7. The van der Waals surface area contributed by atoms with Gasteiger partial charge >= 0.3 is 0 Å². The third-order valence-electron chi connectivity index (χ3n) is 3.21. The third-order valence-corrected chi connectivity index (χ3v) is 5.06. The van der Waals surface area contributed by atoms with Crippen molar-refractivity contribution >= 4 is 28.2 Å². The maximum absolute atomic E-state index is 12.4. The van der Waals surface area contributed by atoms with Gasteiger partial charge in [0.25, 0.3) is 0 Å². The monoisotopic (exact) mass is 265 g/mol. The van der Waals surface area contributed by atoms with Gasteiger partial charge in [0.15, 0.2) is 5.78 Å². The lowest BCUT2D eigenvalue weighted by molar-refractivity contribution is -0.120. The van der Waals surface area contributed by atoms with E-state index >= 15 is 0 Å². The molecule has 0 radical (unpaired) electrons. The van der Waals surface area contributed by atoms with E-state index in [1.165, 1.54) is 11.8 Å². The minimum absolute atomic E-state index is 0.0748. The second kappa shape index (κ2) is 4.02. The van der Waals surface area contributed by atoms with Gasteiger partial charge in [-0.25, -0.2) is 0 Å². The van der Waals surface area contributed by atoms with Gasteiger partial charge in [-0.15, -0.1) is 0 Å². The first-order valence-corrected chi connectivity index (χ1v) is 6.77. The van der Waals surface area contributed by atoms with Crippen LogP contribution in [-0.4, -0.2) is 27.7 Å². The lowest BCUT2D eigenvalue weighted by Gasteiger charge is -2.35. The summed E-state index contributed by atoms with van der Waals surface area (Å²) in [5.74, 6) is -0.275. The highest BCUT2D eigenvalue weighted by atomic mass is 32.2. The van der Waals surface area contributed by atoms with Crippen LogP contribution < -0.4 is 4.90 Å². The molecule has 5 heteroatoms. The van der Waals surface area contributed by atoms with E-state index in [0.717, 1.165) is 0 Å². The van der Waals surface area contributed by atoms with Crippen LogP contribution in [-0.2, 0) is 15.6 Å². The molecule has 0 bridgehead atoms. The molecular weight excluding hydrogens is 250 g/mol. The number of Topliss-reactive ketones (excluding diaryl/α,β-unsaturated/α-hetero) is 1. The first-order chi connectivity index (χ1) is 8.26. The average molecular weight is 265 g/mol. The van der Waals surface area contributed by atoms with Crippen LogP contribution in [0, 0.1) is 0 Å². The van der Waals surface area contributed by atoms with Crippen LogP contribution in [0.15, 0.2) is 23.1 Å². The highest BCUT2D eigenvalue weighted by Gasteiger charge is 2.43. The molecule has 0 spiro atoms. The van der Waals surface area contributed by atoms with E-state index in [1.54, 1.807) is 39.1 Å². The summed E-state index contributed by atoms with van der Waals surface area (Å²) < 4.78 is 11.4. The molecule has 1 atom stereocenters. The summed E-state index contributed by atoms with van der Waals surface area (Å²) in [6.07, 6.45) is 0. The number of benzene rings is 1. The van der Waals surface area contributed by atoms with E-state index in [9.17, 15) is 13.8 Å². The van der Waals surface area contributed by atoms with E-state index < -0.39 is 15.5 Å². The Kier molecular flexibility index (Phi) is 2.89. The van der Waals surface area contributed by atoms with Crippen molar-refractivity contribution in [3.8, 4) is 0 Å². The molecule has 0 fully saturated rings. The molecule has 1 aromatic carbocycles. The van der Waals surface area contributed by atoms with Crippen molar-refractivity contribution in [3.05, 3.63) is 23.8 Å². The van der Waals surface area contributed by atoms with Gasteiger partial charge in [0.1, 0.15) is 4.75 Å². The first kappa shape index (κ1) is 13.0. The smallest absolute Gasteiger partial charge is 0.245 e. The summed E-state index contributed by atoms with van der Waals surface area (Å²) >= 11 is 0. The van der Waals surface area contributed by atoms with Crippen LogP contribution in [0.1, 0.15) is 31.1 Å². The van der Waals surface area contributed by atoms with E-state index in [2.05, 4.69) is 0 Å². The van der Waals surface area contributed by atoms with E-state index in [0.29, 0.717) is 16.1 Å². The molecule has 0 N–H and O–H groups in total. The van der Waals surface area contributed by atoms with Gasteiger partial charge < -0.3 is 4.90 Å². The Morgan fingerprint density at radius 2 is 1.94 bits per heavy atom. The van der Waals surface area contributed by atoms with Crippen molar-refractivity contribution < 1.29 is 13.8 Å². The van der Waals surface area contributed by atoms with Crippen LogP contribution in [0.5, 0.6) is 0 Å². The number of hydrogen-bond donors (Lipinski definition) is 0. The minimum atomic E-state index is -1.40. The average Bonchev–Trinajstić information content (AvgIpc) is 2.33. The zero-order valence-electron chi connectivity index (χ0n) is 10.8. The molecule has 1 heterocycles. The number of carbonyl (C=O) groups is 2. The lowest BCUT2D eigenvalue weighted by Crippen LogP contribution is -2.50. The minimum Gasteiger partial charge on any atom is -0.313 e. The molecule has 0 aromatic heterocycles. The standard InChI is InChI=1S/C13H15NO3S/c1-8(15)9-5-6-11-10(7-9)14(4)12(16)13(2,3)18(11)17/h5-7H,1-4H3. The van der Waals surface area contributed by atoms with Crippen molar-refractivity contribution in [2.24, 2.45) is 0 Å². The number of amides is 1. The van der Waals surface area contributed by atoms with Crippen LogP contribution in [0.25, 0.3) is 0 Å². The van der Waals surface area contributed by atoms with Crippen molar-refractivity contribution in [2.45, 2.75) is 30.4 Å². The maximum Gasteiger partial charge on any atom is 0.245 e. The zero-order valence-corrected chi connectivity index (χ0v) is 11.6. The summed E-state index contributed by atoms with van der Waals surface area (Å²) in [6.45, 7) is 4.81. The Hall–Kier alpha value is -1.49. The molecule has 1 aromatic rings. The SMILES string of the molecule is CC(=O)c1ccc2c(c1)N(C)C(=O)C(C)(C)S2=O. The third kappa shape index (κ3) is 1.70. The number of hydrogen-bond acceptors (Lipinski definition) is 3. The van der Waals surface area contributed by atoms with Crippen LogP contribution >= 0.6 is 0 Å². The van der Waals surface area contributed by atoms with E-state index in [-0.39, 0.29) is 11.7 Å². The summed E-state index contributed by atoms with van der Waals surface area (Å²) in [6, 6.07) is 4.95. The predicted octanol–water partition coefficient (Wildman–Crippen LogP) is 1.75. The Labute approximate surface area is 108 Å². The molecule has 0 saturated heterocycles. The number of fused-ring (bicyclic) bond motifs is 1. The highest BCUT2D eigenvalue weighted by molar-refractivity contribution is 7.87. The predicted molar refractivity (Wildman–Crippen MR) is 70.3 cm³/mol. The number of rotatable bonds is 1. The van der Waals surface area contributed by atoms with Crippen LogP contribution in [0.4, 0.5) is 5.69 Å². The van der Waals surface area contributed by atoms with Gasteiger partial charge in [-0.05, 0) is 32.9 Å². The molecule has 96 valence electrons. The summed E-state index contributed by atoms with van der Waals surface area (Å²) in [7, 11) is 0.242. The van der Waals surface area contributed by atoms with Gasteiger partial charge in [-0.3, -0.25) is 13.8 Å². The molecule has 18 heavy (non-hydrogen) atoms. The number of anilines is 1. The molecule has 1 unspecified atom stereocenters. The van der Waals surface area contributed by atoms with Crippen LogP contribution in [0.3, 0.4) is 0 Å². The molecule has 0 aliphatic carbocycles. The van der Waals surface area contributed by atoms with Gasteiger partial charge in [-0.1, -0.05) is 6.07 Å². The number of ketones is 1. The van der Waals surface area contributed by atoms with Crippen molar-refractivity contribution in [3.63, 3.8) is 0 Å². The molecule has 1 aliphatic rings. The fraction of sp³-hybridized carbons (Fsp3) is 0.385. The van der Waals surface area contributed by atoms with Crippen LogP contribution in [0.2, 0.25) is 0 Å². The number of nitrogens with zero attached hydrogens (tertiary/aromatic N) is 1. The molecule has 0 saturated carbocycles. The molecule has 1 amide bonds. The summed E-state index contributed by atoms with van der Waals surface area (Å²) in [4.78, 5) is 25.6. The van der Waals surface area contributed by atoms with Gasteiger partial charge in [0.2, 0.25) is 5.91 Å². The summed E-state index contributed by atoms with van der Waals surface area (Å²) in [5, 5.41) is 0. The van der Waals surface area contributed by atoms with Gasteiger partial charge in [-0.2, -0.15) is 0 Å². The highest BCUT2D eigenvalue weighted by Crippen LogP contribution is 2.37. The fourth-order valence-electron chi connectivity index (χ4n) is 2.02. The Morgan fingerprint density at radius 1 is 1.33 bits per heavy atom.